The van der Waals surface area contributed by atoms with Gasteiger partial charge >= 0.3 is 0 Å². The lowest BCUT2D eigenvalue weighted by Crippen LogP contribution is -1.86. The molecule has 3 heteroatoms. The van der Waals surface area contributed by atoms with E-state index in [0.29, 0.717) is 0 Å². The Morgan fingerprint density at radius 1 is 1.29 bits per heavy atom. The highest BCUT2D eigenvalue weighted by Crippen LogP contribution is 2.34. The number of nitrogens with two attached hydrogens (primary N) is 1. The highest BCUT2D eigenvalue weighted by Gasteiger charge is 2.05. The van der Waals surface area contributed by atoms with E-state index in [9.17, 15) is 0 Å². The summed E-state index contributed by atoms with van der Waals surface area (Å²) in [5.41, 5.74) is 9.00. The molecule has 0 aliphatic rings. The van der Waals surface area contributed by atoms with Crippen LogP contribution in [-0.4, -0.2) is 0 Å². The first kappa shape index (κ1) is 9.74. The van der Waals surface area contributed by atoms with Crippen LogP contribution >= 0.6 is 27.3 Å². The summed E-state index contributed by atoms with van der Waals surface area (Å²) in [6.45, 7) is 2.06. The first-order valence-corrected chi connectivity index (χ1v) is 5.94. The second kappa shape index (κ2) is 3.75. The van der Waals surface area contributed by atoms with Gasteiger partial charge in [0.05, 0.1) is 0 Å². The molecule has 0 amide bonds. The van der Waals surface area contributed by atoms with Gasteiger partial charge in [-0.05, 0) is 57.6 Å². The SMILES string of the molecule is Cc1cc(N)cc(-c2sccc2Br)c1. The number of nitrogen functional groups attached to an aromatic ring is 1. The van der Waals surface area contributed by atoms with E-state index < -0.39 is 0 Å². The van der Waals surface area contributed by atoms with Crippen molar-refractivity contribution in [3.8, 4) is 10.4 Å². The molecular formula is C11H10BrNS. The molecule has 2 rings (SSSR count). The summed E-state index contributed by atoms with van der Waals surface area (Å²) in [5, 5.41) is 2.07. The zero-order valence-corrected chi connectivity index (χ0v) is 10.2. The van der Waals surface area contributed by atoms with E-state index >= 15 is 0 Å². The third-order valence-corrected chi connectivity index (χ3v) is 3.87. The lowest BCUT2D eigenvalue weighted by atomic mass is 10.1. The van der Waals surface area contributed by atoms with Gasteiger partial charge in [-0.1, -0.05) is 6.07 Å². The van der Waals surface area contributed by atoms with Crippen LogP contribution in [0.5, 0.6) is 0 Å². The molecule has 0 unspecified atom stereocenters. The average molecular weight is 268 g/mol. The molecule has 2 aromatic rings. The first-order chi connectivity index (χ1) is 6.66. The van der Waals surface area contributed by atoms with Crippen LogP contribution in [0, 0.1) is 6.92 Å². The Morgan fingerprint density at radius 3 is 2.64 bits per heavy atom. The van der Waals surface area contributed by atoms with Crippen molar-refractivity contribution in [2.45, 2.75) is 6.92 Å². The predicted octanol–water partition coefficient (Wildman–Crippen LogP) is 4.07. The predicted molar refractivity (Wildman–Crippen MR) is 66.6 cm³/mol. The molecule has 0 atom stereocenters. The van der Waals surface area contributed by atoms with E-state index in [4.69, 9.17) is 5.73 Å². The molecular weight excluding hydrogens is 258 g/mol. The molecule has 72 valence electrons. The fraction of sp³-hybridized carbons (Fsp3) is 0.0909. The van der Waals surface area contributed by atoms with Gasteiger partial charge in [-0.2, -0.15) is 0 Å². The van der Waals surface area contributed by atoms with Crippen molar-refractivity contribution in [1.82, 2.24) is 0 Å². The number of aryl methyl sites for hydroxylation is 1. The van der Waals surface area contributed by atoms with Crippen LogP contribution in [0.25, 0.3) is 10.4 Å². The Bertz CT molecular complexity index is 442. The average Bonchev–Trinajstić information content (AvgIpc) is 2.49. The van der Waals surface area contributed by atoms with Crippen LogP contribution in [-0.2, 0) is 0 Å². The number of rotatable bonds is 1. The van der Waals surface area contributed by atoms with Crippen molar-refractivity contribution < 1.29 is 0 Å². The van der Waals surface area contributed by atoms with Crippen LogP contribution in [0.3, 0.4) is 0 Å². The normalized spacial score (nSPS) is 10.4. The standard InChI is InChI=1S/C11H10BrNS/c1-7-4-8(6-9(13)5-7)11-10(12)2-3-14-11/h2-6H,13H2,1H3. The molecule has 2 N–H and O–H groups in total. The highest BCUT2D eigenvalue weighted by atomic mass is 79.9. The highest BCUT2D eigenvalue weighted by molar-refractivity contribution is 9.10. The lowest BCUT2D eigenvalue weighted by molar-refractivity contribution is 1.47. The molecule has 1 aromatic carbocycles. The Morgan fingerprint density at radius 2 is 2.07 bits per heavy atom. The first-order valence-electron chi connectivity index (χ1n) is 4.27. The third-order valence-electron chi connectivity index (χ3n) is 1.98. The Balaban J connectivity index is 2.57. The van der Waals surface area contributed by atoms with E-state index in [1.54, 1.807) is 11.3 Å². The molecule has 0 radical (unpaired) electrons. The second-order valence-corrected chi connectivity index (χ2v) is 5.00. The van der Waals surface area contributed by atoms with Crippen molar-refractivity contribution in [1.29, 1.82) is 0 Å². The van der Waals surface area contributed by atoms with Gasteiger partial charge in [0.1, 0.15) is 0 Å². The van der Waals surface area contributed by atoms with E-state index in [1.165, 1.54) is 16.0 Å². The number of halogens is 1. The molecule has 0 aliphatic carbocycles. The number of anilines is 1. The summed E-state index contributed by atoms with van der Waals surface area (Å²) in [4.78, 5) is 1.24. The molecule has 0 saturated carbocycles. The quantitative estimate of drug-likeness (QED) is 0.775. The third kappa shape index (κ3) is 1.83. The topological polar surface area (TPSA) is 26.0 Å². The van der Waals surface area contributed by atoms with Gasteiger partial charge < -0.3 is 5.73 Å². The molecule has 14 heavy (non-hydrogen) atoms. The maximum Gasteiger partial charge on any atom is 0.0485 e. The van der Waals surface area contributed by atoms with Crippen LogP contribution in [0.4, 0.5) is 5.69 Å². The largest absolute Gasteiger partial charge is 0.399 e. The summed E-state index contributed by atoms with van der Waals surface area (Å²) < 4.78 is 1.13. The molecule has 1 nitrogen and oxygen atoms in total. The Hall–Kier alpha value is -0.800. The van der Waals surface area contributed by atoms with Crippen molar-refractivity contribution in [3.63, 3.8) is 0 Å². The summed E-state index contributed by atoms with van der Waals surface area (Å²) in [6.07, 6.45) is 0. The van der Waals surface area contributed by atoms with Crippen molar-refractivity contribution in [2.24, 2.45) is 0 Å². The second-order valence-electron chi connectivity index (χ2n) is 3.23. The zero-order valence-electron chi connectivity index (χ0n) is 7.75. The fourth-order valence-corrected chi connectivity index (χ4v) is 3.03. The van der Waals surface area contributed by atoms with Gasteiger partial charge in [0.2, 0.25) is 0 Å². The van der Waals surface area contributed by atoms with Gasteiger partial charge in [0.25, 0.3) is 0 Å². The van der Waals surface area contributed by atoms with Gasteiger partial charge in [-0.3, -0.25) is 0 Å². The van der Waals surface area contributed by atoms with Crippen molar-refractivity contribution in [3.05, 3.63) is 39.7 Å². The van der Waals surface area contributed by atoms with Gasteiger partial charge in [0.15, 0.2) is 0 Å². The molecule has 0 bridgehead atoms. The number of hydrogen-bond acceptors (Lipinski definition) is 2. The van der Waals surface area contributed by atoms with Crippen LogP contribution in [0.2, 0.25) is 0 Å². The molecule has 0 spiro atoms. The minimum absolute atomic E-state index is 0.820. The van der Waals surface area contributed by atoms with Crippen molar-refractivity contribution in [2.75, 3.05) is 5.73 Å². The smallest absolute Gasteiger partial charge is 0.0485 e. The van der Waals surface area contributed by atoms with Gasteiger partial charge in [-0.25, -0.2) is 0 Å². The molecule has 1 aromatic heterocycles. The lowest BCUT2D eigenvalue weighted by Gasteiger charge is -2.03. The molecule has 1 heterocycles. The van der Waals surface area contributed by atoms with Gasteiger partial charge in [-0.15, -0.1) is 11.3 Å². The Labute approximate surface area is 95.7 Å². The molecule has 0 aliphatic heterocycles. The number of benzene rings is 1. The number of thiophene rings is 1. The Kier molecular flexibility index (Phi) is 2.61. The van der Waals surface area contributed by atoms with E-state index in [0.717, 1.165) is 10.2 Å². The maximum atomic E-state index is 5.80. The van der Waals surface area contributed by atoms with Crippen LogP contribution in [0.1, 0.15) is 5.56 Å². The zero-order chi connectivity index (χ0) is 10.1. The minimum atomic E-state index is 0.820. The van der Waals surface area contributed by atoms with Crippen LogP contribution in [0.15, 0.2) is 34.1 Å². The monoisotopic (exact) mass is 267 g/mol. The van der Waals surface area contributed by atoms with E-state index in [-0.39, 0.29) is 0 Å². The summed E-state index contributed by atoms with van der Waals surface area (Å²) in [7, 11) is 0. The summed E-state index contributed by atoms with van der Waals surface area (Å²) in [6, 6.07) is 8.18. The van der Waals surface area contributed by atoms with Gasteiger partial charge in [0, 0.05) is 15.0 Å². The maximum absolute atomic E-state index is 5.80. The van der Waals surface area contributed by atoms with E-state index in [2.05, 4.69) is 40.4 Å². The fourth-order valence-electron chi connectivity index (χ4n) is 1.44. The van der Waals surface area contributed by atoms with Crippen molar-refractivity contribution >= 4 is 33.0 Å². The summed E-state index contributed by atoms with van der Waals surface area (Å²) >= 11 is 5.24. The number of hydrogen-bond donors (Lipinski definition) is 1. The molecule has 0 fully saturated rings. The van der Waals surface area contributed by atoms with E-state index in [1.807, 2.05) is 12.1 Å². The minimum Gasteiger partial charge on any atom is -0.399 e. The summed E-state index contributed by atoms with van der Waals surface area (Å²) in [5.74, 6) is 0. The van der Waals surface area contributed by atoms with Crippen LogP contribution < -0.4 is 5.73 Å². The molecule has 0 saturated heterocycles.